The minimum Gasteiger partial charge on any atom is -0.389 e. The molecule has 4 nitrogen and oxygen atoms in total. The van der Waals surface area contributed by atoms with E-state index in [4.69, 9.17) is 18.0 Å². The van der Waals surface area contributed by atoms with E-state index in [0.29, 0.717) is 0 Å². The molecule has 1 rings (SSSR count). The second-order valence-electron chi connectivity index (χ2n) is 3.01. The van der Waals surface area contributed by atoms with Crippen molar-refractivity contribution in [3.63, 3.8) is 0 Å². The zero-order chi connectivity index (χ0) is 12.1. The number of hydrogen-bond acceptors (Lipinski definition) is 3. The standard InChI is InChI=1S/C10H11FN2O2S/c1-15-5-8(14)13-7-4-2-3-6(11)9(7)10(12)16/h2-4H,5H2,1H3,(H2,12,16)(H,13,14). The monoisotopic (exact) mass is 242 g/mol. The van der Waals surface area contributed by atoms with Crippen LogP contribution in [0.4, 0.5) is 10.1 Å². The molecule has 1 aromatic carbocycles. The van der Waals surface area contributed by atoms with Gasteiger partial charge in [0.25, 0.3) is 0 Å². The van der Waals surface area contributed by atoms with Crippen molar-refractivity contribution in [2.75, 3.05) is 19.0 Å². The van der Waals surface area contributed by atoms with Gasteiger partial charge in [-0.15, -0.1) is 0 Å². The highest BCUT2D eigenvalue weighted by Gasteiger charge is 2.12. The maximum Gasteiger partial charge on any atom is 0.250 e. The second-order valence-corrected chi connectivity index (χ2v) is 3.45. The van der Waals surface area contributed by atoms with Gasteiger partial charge in [-0.1, -0.05) is 18.3 Å². The van der Waals surface area contributed by atoms with Gasteiger partial charge in [0.05, 0.1) is 11.3 Å². The molecule has 86 valence electrons. The molecular formula is C10H11FN2O2S. The maximum atomic E-state index is 13.4. The van der Waals surface area contributed by atoms with Gasteiger partial charge in [0.1, 0.15) is 17.4 Å². The topological polar surface area (TPSA) is 64.3 Å². The molecule has 6 heteroatoms. The first-order chi connectivity index (χ1) is 7.56. The summed E-state index contributed by atoms with van der Waals surface area (Å²) in [6.45, 7) is -0.118. The average Bonchev–Trinajstić information content (AvgIpc) is 2.17. The van der Waals surface area contributed by atoms with Crippen LogP contribution in [0.25, 0.3) is 0 Å². The summed E-state index contributed by atoms with van der Waals surface area (Å²) in [5, 5.41) is 2.46. The van der Waals surface area contributed by atoms with Crippen molar-refractivity contribution >= 4 is 28.8 Å². The molecule has 0 aliphatic rings. The Morgan fingerprint density at radius 2 is 2.31 bits per heavy atom. The lowest BCUT2D eigenvalue weighted by Gasteiger charge is -2.10. The molecule has 3 N–H and O–H groups in total. The van der Waals surface area contributed by atoms with Crippen LogP contribution in [0.15, 0.2) is 18.2 Å². The Morgan fingerprint density at radius 1 is 1.62 bits per heavy atom. The molecule has 16 heavy (non-hydrogen) atoms. The number of nitrogens with one attached hydrogen (secondary N) is 1. The number of amides is 1. The largest absolute Gasteiger partial charge is 0.389 e. The molecule has 0 saturated heterocycles. The van der Waals surface area contributed by atoms with Crippen molar-refractivity contribution in [3.05, 3.63) is 29.6 Å². The Hall–Kier alpha value is -1.53. The third-order valence-corrected chi connectivity index (χ3v) is 2.01. The molecular weight excluding hydrogens is 231 g/mol. The fourth-order valence-corrected chi connectivity index (χ4v) is 1.40. The third kappa shape index (κ3) is 2.98. The first kappa shape index (κ1) is 12.5. The van der Waals surface area contributed by atoms with Crippen LogP contribution in [-0.4, -0.2) is 24.6 Å². The van der Waals surface area contributed by atoms with Gasteiger partial charge >= 0.3 is 0 Å². The number of hydrogen-bond donors (Lipinski definition) is 2. The van der Waals surface area contributed by atoms with Crippen molar-refractivity contribution in [3.8, 4) is 0 Å². The number of methoxy groups -OCH3 is 1. The van der Waals surface area contributed by atoms with Gasteiger partial charge in [-0.25, -0.2) is 4.39 Å². The summed E-state index contributed by atoms with van der Waals surface area (Å²) in [5.41, 5.74) is 5.65. The highest BCUT2D eigenvalue weighted by Crippen LogP contribution is 2.18. The van der Waals surface area contributed by atoms with Crippen LogP contribution in [0.5, 0.6) is 0 Å². The summed E-state index contributed by atoms with van der Waals surface area (Å²) in [6.07, 6.45) is 0. The first-order valence-corrected chi connectivity index (χ1v) is 4.84. The van der Waals surface area contributed by atoms with Crippen LogP contribution < -0.4 is 11.1 Å². The molecule has 0 fully saturated rings. The van der Waals surface area contributed by atoms with E-state index >= 15 is 0 Å². The molecule has 1 aromatic rings. The molecule has 0 aliphatic heterocycles. The van der Waals surface area contributed by atoms with E-state index in [-0.39, 0.29) is 22.8 Å². The number of thiocarbonyl (C=S) groups is 1. The second kappa shape index (κ2) is 5.53. The number of halogens is 1. The highest BCUT2D eigenvalue weighted by molar-refractivity contribution is 7.80. The summed E-state index contributed by atoms with van der Waals surface area (Å²) >= 11 is 4.71. The summed E-state index contributed by atoms with van der Waals surface area (Å²) in [6, 6.07) is 4.20. The van der Waals surface area contributed by atoms with Crippen LogP contribution in [0.3, 0.4) is 0 Å². The van der Waals surface area contributed by atoms with Crippen molar-refractivity contribution in [2.24, 2.45) is 5.73 Å². The van der Waals surface area contributed by atoms with E-state index in [9.17, 15) is 9.18 Å². The number of ether oxygens (including phenoxy) is 1. The molecule has 0 bridgehead atoms. The van der Waals surface area contributed by atoms with Gasteiger partial charge in [-0.05, 0) is 12.1 Å². The molecule has 0 atom stereocenters. The van der Waals surface area contributed by atoms with Crippen molar-refractivity contribution in [1.82, 2.24) is 0 Å². The van der Waals surface area contributed by atoms with Crippen molar-refractivity contribution < 1.29 is 13.9 Å². The predicted octanol–water partition coefficient (Wildman–Crippen LogP) is 1.04. The Morgan fingerprint density at radius 3 is 2.88 bits per heavy atom. The molecule has 0 spiro atoms. The average molecular weight is 242 g/mol. The van der Waals surface area contributed by atoms with Crippen molar-refractivity contribution in [1.29, 1.82) is 0 Å². The molecule has 0 unspecified atom stereocenters. The fraction of sp³-hybridized carbons (Fsp3) is 0.200. The Balaban J connectivity index is 3.00. The van der Waals surface area contributed by atoms with Gasteiger partial charge in [0, 0.05) is 7.11 Å². The van der Waals surface area contributed by atoms with E-state index < -0.39 is 11.7 Å². The number of nitrogens with two attached hydrogens (primary N) is 1. The summed E-state index contributed by atoms with van der Waals surface area (Å²) in [4.78, 5) is 11.2. The highest BCUT2D eigenvalue weighted by atomic mass is 32.1. The summed E-state index contributed by atoms with van der Waals surface area (Å²) in [7, 11) is 1.39. The lowest BCUT2D eigenvalue weighted by molar-refractivity contribution is -0.119. The first-order valence-electron chi connectivity index (χ1n) is 4.43. The van der Waals surface area contributed by atoms with E-state index in [1.165, 1.54) is 25.3 Å². The smallest absolute Gasteiger partial charge is 0.250 e. The quantitative estimate of drug-likeness (QED) is 0.774. The van der Waals surface area contributed by atoms with Crippen LogP contribution in [0, 0.1) is 5.82 Å². The van der Waals surface area contributed by atoms with Gasteiger partial charge in [0.2, 0.25) is 5.91 Å². The number of rotatable bonds is 4. The van der Waals surface area contributed by atoms with Gasteiger partial charge in [-0.2, -0.15) is 0 Å². The van der Waals surface area contributed by atoms with Gasteiger partial charge in [0.15, 0.2) is 0 Å². The molecule has 0 heterocycles. The third-order valence-electron chi connectivity index (χ3n) is 1.81. The van der Waals surface area contributed by atoms with Gasteiger partial charge < -0.3 is 15.8 Å². The summed E-state index contributed by atoms with van der Waals surface area (Å²) in [5.74, 6) is -0.965. The molecule has 0 aromatic heterocycles. The SMILES string of the molecule is COCC(=O)Nc1cccc(F)c1C(N)=S. The lowest BCUT2D eigenvalue weighted by atomic mass is 10.1. The Bertz CT molecular complexity index is 423. The normalized spacial score (nSPS) is 9.88. The molecule has 1 amide bonds. The molecule has 0 saturated carbocycles. The lowest BCUT2D eigenvalue weighted by Crippen LogP contribution is -2.21. The number of anilines is 1. The van der Waals surface area contributed by atoms with Crippen LogP contribution in [-0.2, 0) is 9.53 Å². The van der Waals surface area contributed by atoms with Crippen LogP contribution in [0.2, 0.25) is 0 Å². The zero-order valence-electron chi connectivity index (χ0n) is 8.62. The van der Waals surface area contributed by atoms with Crippen LogP contribution in [0.1, 0.15) is 5.56 Å². The number of benzene rings is 1. The Kier molecular flexibility index (Phi) is 4.33. The minimum absolute atomic E-state index is 0.0296. The number of carbonyl (C=O) groups is 1. The molecule has 0 aliphatic carbocycles. The van der Waals surface area contributed by atoms with E-state index in [1.807, 2.05) is 0 Å². The van der Waals surface area contributed by atoms with Crippen molar-refractivity contribution in [2.45, 2.75) is 0 Å². The summed E-state index contributed by atoms with van der Waals surface area (Å²) < 4.78 is 18.0. The van der Waals surface area contributed by atoms with Gasteiger partial charge in [-0.3, -0.25) is 4.79 Å². The number of carbonyl (C=O) groups excluding carboxylic acids is 1. The Labute approximate surface area is 97.6 Å². The minimum atomic E-state index is -0.567. The predicted molar refractivity (Wildman–Crippen MR) is 62.8 cm³/mol. The molecule has 0 radical (unpaired) electrons. The van der Waals surface area contributed by atoms with Crippen LogP contribution >= 0.6 is 12.2 Å². The van der Waals surface area contributed by atoms with E-state index in [0.717, 1.165) is 0 Å². The fourth-order valence-electron chi connectivity index (χ4n) is 1.20. The zero-order valence-corrected chi connectivity index (χ0v) is 9.44. The van der Waals surface area contributed by atoms with E-state index in [1.54, 1.807) is 0 Å². The van der Waals surface area contributed by atoms with E-state index in [2.05, 4.69) is 10.1 Å². The maximum absolute atomic E-state index is 13.4.